The number of rotatable bonds is 7. The fourth-order valence-corrected chi connectivity index (χ4v) is 1.99. The molecular weight excluding hydrogens is 272 g/mol. The van der Waals surface area contributed by atoms with Crippen molar-refractivity contribution >= 4 is 17.8 Å². The molecule has 1 fully saturated rings. The molecule has 0 aromatic carbocycles. The Morgan fingerprint density at radius 1 is 1.38 bits per heavy atom. The highest BCUT2D eigenvalue weighted by atomic mass is 16.7. The van der Waals surface area contributed by atoms with E-state index in [1.807, 2.05) is 0 Å². The molecule has 0 saturated carbocycles. The summed E-state index contributed by atoms with van der Waals surface area (Å²) < 4.78 is 0. The Kier molecular flexibility index (Phi) is 6.39. The van der Waals surface area contributed by atoms with Gasteiger partial charge in [0.25, 0.3) is 5.91 Å². The maximum absolute atomic E-state index is 11.9. The summed E-state index contributed by atoms with van der Waals surface area (Å²) in [7, 11) is 1.73. The molecule has 1 rings (SSSR count). The summed E-state index contributed by atoms with van der Waals surface area (Å²) in [6.45, 7) is 8.47. The van der Waals surface area contributed by atoms with Crippen molar-refractivity contribution in [2.24, 2.45) is 5.92 Å². The number of hydrogen-bond donors (Lipinski definition) is 0. The number of hydrogen-bond acceptors (Lipinski definition) is 4. The molecule has 0 radical (unpaired) electrons. The van der Waals surface area contributed by atoms with Gasteiger partial charge in [-0.3, -0.25) is 9.59 Å². The molecule has 6 heteroatoms. The zero-order valence-corrected chi connectivity index (χ0v) is 13.1. The summed E-state index contributed by atoms with van der Waals surface area (Å²) in [6.07, 6.45) is 1.85. The molecule has 0 spiro atoms. The maximum atomic E-state index is 11.9. The van der Waals surface area contributed by atoms with Crippen molar-refractivity contribution in [3.8, 4) is 0 Å². The maximum Gasteiger partial charge on any atom is 0.333 e. The summed E-state index contributed by atoms with van der Waals surface area (Å²) in [5.74, 6) is -0.527. The van der Waals surface area contributed by atoms with Crippen LogP contribution in [-0.2, 0) is 19.2 Å². The van der Waals surface area contributed by atoms with Gasteiger partial charge in [-0.2, -0.15) is 0 Å². The largest absolute Gasteiger partial charge is 0.345 e. The highest BCUT2D eigenvalue weighted by Crippen LogP contribution is 2.21. The Balaban J connectivity index is 2.34. The van der Waals surface area contributed by atoms with E-state index in [9.17, 15) is 14.4 Å². The van der Waals surface area contributed by atoms with E-state index in [2.05, 4.69) is 20.4 Å². The first-order valence-electron chi connectivity index (χ1n) is 7.30. The van der Waals surface area contributed by atoms with Crippen LogP contribution in [0, 0.1) is 5.92 Å². The van der Waals surface area contributed by atoms with Crippen LogP contribution in [-0.4, -0.2) is 41.3 Å². The van der Waals surface area contributed by atoms with Crippen LogP contribution in [0.15, 0.2) is 12.3 Å². The lowest BCUT2D eigenvalue weighted by Gasteiger charge is -2.21. The van der Waals surface area contributed by atoms with Crippen molar-refractivity contribution in [3.63, 3.8) is 0 Å². The van der Waals surface area contributed by atoms with Gasteiger partial charge in [0.1, 0.15) is 0 Å². The SMILES string of the molecule is C=C1CCC(=O)N1OC(=O)CCC(=O)N(C)CC(C)CC. The first-order chi connectivity index (χ1) is 9.85. The van der Waals surface area contributed by atoms with Crippen LogP contribution in [0.1, 0.15) is 46.0 Å². The van der Waals surface area contributed by atoms with Gasteiger partial charge in [0.15, 0.2) is 0 Å². The van der Waals surface area contributed by atoms with E-state index in [0.717, 1.165) is 11.5 Å². The second kappa shape index (κ2) is 7.81. The Hall–Kier alpha value is -1.85. The molecule has 0 bridgehead atoms. The number of carbonyl (C=O) groups excluding carboxylic acids is 3. The number of amides is 2. The second-order valence-electron chi connectivity index (χ2n) is 5.51. The van der Waals surface area contributed by atoms with E-state index >= 15 is 0 Å². The molecule has 118 valence electrons. The normalized spacial score (nSPS) is 16.0. The fraction of sp³-hybridized carbons (Fsp3) is 0.667. The van der Waals surface area contributed by atoms with Crippen molar-refractivity contribution in [1.29, 1.82) is 0 Å². The lowest BCUT2D eigenvalue weighted by molar-refractivity contribution is -0.187. The van der Waals surface area contributed by atoms with Gasteiger partial charge in [-0.05, 0) is 12.3 Å². The van der Waals surface area contributed by atoms with E-state index in [1.165, 1.54) is 0 Å². The minimum absolute atomic E-state index is 0.0409. The molecule has 1 atom stereocenters. The summed E-state index contributed by atoms with van der Waals surface area (Å²) >= 11 is 0. The van der Waals surface area contributed by atoms with Crippen molar-refractivity contribution < 1.29 is 19.2 Å². The third-order valence-electron chi connectivity index (χ3n) is 3.59. The topological polar surface area (TPSA) is 66.9 Å². The Morgan fingerprint density at radius 3 is 2.57 bits per heavy atom. The van der Waals surface area contributed by atoms with E-state index < -0.39 is 5.97 Å². The fourth-order valence-electron chi connectivity index (χ4n) is 1.99. The van der Waals surface area contributed by atoms with E-state index in [-0.39, 0.29) is 24.7 Å². The zero-order chi connectivity index (χ0) is 16.0. The van der Waals surface area contributed by atoms with Crippen LogP contribution >= 0.6 is 0 Å². The number of carbonyl (C=O) groups is 3. The van der Waals surface area contributed by atoms with Crippen molar-refractivity contribution in [3.05, 3.63) is 12.3 Å². The summed E-state index contributed by atoms with van der Waals surface area (Å²) in [6, 6.07) is 0. The molecule has 1 heterocycles. The quantitative estimate of drug-likeness (QED) is 0.719. The number of allylic oxidation sites excluding steroid dienone is 1. The molecule has 1 aliphatic heterocycles. The van der Waals surface area contributed by atoms with E-state index in [1.54, 1.807) is 11.9 Å². The molecule has 0 aromatic rings. The molecule has 6 nitrogen and oxygen atoms in total. The van der Waals surface area contributed by atoms with Gasteiger partial charge in [-0.15, -0.1) is 5.06 Å². The minimum Gasteiger partial charge on any atom is -0.345 e. The second-order valence-corrected chi connectivity index (χ2v) is 5.51. The first-order valence-corrected chi connectivity index (χ1v) is 7.30. The van der Waals surface area contributed by atoms with Crippen LogP contribution in [0.5, 0.6) is 0 Å². The standard InChI is InChI=1S/C15H24N2O4/c1-5-11(2)10-16(4)13(18)8-9-15(20)21-17-12(3)6-7-14(17)19/h11H,3,5-10H2,1-2,4H3. The van der Waals surface area contributed by atoms with Crippen molar-refractivity contribution in [1.82, 2.24) is 9.96 Å². The minimum atomic E-state index is -0.586. The van der Waals surface area contributed by atoms with Crippen LogP contribution < -0.4 is 0 Å². The van der Waals surface area contributed by atoms with Crippen molar-refractivity contribution in [2.75, 3.05) is 13.6 Å². The Labute approximate surface area is 125 Å². The predicted molar refractivity (Wildman–Crippen MR) is 77.6 cm³/mol. The molecule has 0 N–H and O–H groups in total. The molecule has 1 aliphatic rings. The molecule has 1 unspecified atom stereocenters. The third kappa shape index (κ3) is 5.21. The van der Waals surface area contributed by atoms with Gasteiger partial charge >= 0.3 is 5.97 Å². The number of nitrogens with zero attached hydrogens (tertiary/aromatic N) is 2. The summed E-state index contributed by atoms with van der Waals surface area (Å²) in [5, 5.41) is 0.940. The lowest BCUT2D eigenvalue weighted by Crippen LogP contribution is -2.32. The molecule has 0 aromatic heterocycles. The highest BCUT2D eigenvalue weighted by Gasteiger charge is 2.28. The average molecular weight is 296 g/mol. The zero-order valence-electron chi connectivity index (χ0n) is 13.1. The third-order valence-corrected chi connectivity index (χ3v) is 3.59. The average Bonchev–Trinajstić information content (AvgIpc) is 2.76. The van der Waals surface area contributed by atoms with Gasteiger partial charge in [-0.25, -0.2) is 4.79 Å². The molecule has 0 aliphatic carbocycles. The predicted octanol–water partition coefficient (Wildman–Crippen LogP) is 1.87. The van der Waals surface area contributed by atoms with Gasteiger partial charge in [-0.1, -0.05) is 26.8 Å². The summed E-state index contributed by atoms with van der Waals surface area (Å²) in [4.78, 5) is 41.6. The van der Waals surface area contributed by atoms with Gasteiger partial charge < -0.3 is 9.74 Å². The van der Waals surface area contributed by atoms with Crippen LogP contribution in [0.3, 0.4) is 0 Å². The van der Waals surface area contributed by atoms with Crippen LogP contribution in [0.2, 0.25) is 0 Å². The van der Waals surface area contributed by atoms with Crippen molar-refractivity contribution in [2.45, 2.75) is 46.0 Å². The van der Waals surface area contributed by atoms with Crippen LogP contribution in [0.4, 0.5) is 0 Å². The monoisotopic (exact) mass is 296 g/mol. The number of hydroxylamine groups is 2. The van der Waals surface area contributed by atoms with Gasteiger partial charge in [0.05, 0.1) is 12.1 Å². The van der Waals surface area contributed by atoms with Gasteiger partial charge in [0, 0.05) is 26.4 Å². The van der Waals surface area contributed by atoms with E-state index in [4.69, 9.17) is 4.84 Å². The first kappa shape index (κ1) is 17.2. The Bertz CT molecular complexity index is 417. The van der Waals surface area contributed by atoms with E-state index in [0.29, 0.717) is 31.0 Å². The van der Waals surface area contributed by atoms with Crippen LogP contribution in [0.25, 0.3) is 0 Å². The lowest BCUT2D eigenvalue weighted by atomic mass is 10.1. The molecule has 2 amide bonds. The molecule has 21 heavy (non-hydrogen) atoms. The molecule has 1 saturated heterocycles. The Morgan fingerprint density at radius 2 is 2.05 bits per heavy atom. The van der Waals surface area contributed by atoms with Gasteiger partial charge in [0.2, 0.25) is 5.91 Å². The summed E-state index contributed by atoms with van der Waals surface area (Å²) in [5.41, 5.74) is 0.480. The highest BCUT2D eigenvalue weighted by molar-refractivity contribution is 5.84. The molecular formula is C15H24N2O4. The smallest absolute Gasteiger partial charge is 0.333 e.